The number of carbonyl (C=O) groups is 1. The summed E-state index contributed by atoms with van der Waals surface area (Å²) in [5, 5.41) is 13.5. The largest absolute Gasteiger partial charge is 0.504 e. The van der Waals surface area contributed by atoms with Gasteiger partial charge in [0.25, 0.3) is 5.91 Å². The van der Waals surface area contributed by atoms with Crippen molar-refractivity contribution in [2.45, 2.75) is 32.5 Å². The molecule has 0 bridgehead atoms. The summed E-state index contributed by atoms with van der Waals surface area (Å²) in [6, 6.07) is 12.8. The van der Waals surface area contributed by atoms with Crippen LogP contribution in [0.25, 0.3) is 0 Å². The van der Waals surface area contributed by atoms with Crippen molar-refractivity contribution in [2.24, 2.45) is 0 Å². The van der Waals surface area contributed by atoms with Gasteiger partial charge in [-0.3, -0.25) is 4.79 Å². The zero-order valence-electron chi connectivity index (χ0n) is 14.1. The number of para-hydroxylation sites is 1. The zero-order chi connectivity index (χ0) is 17.3. The van der Waals surface area contributed by atoms with Crippen LogP contribution in [0.15, 0.2) is 42.5 Å². The quantitative estimate of drug-likeness (QED) is 0.898. The smallest absolute Gasteiger partial charge is 0.258 e. The first-order chi connectivity index (χ1) is 11.6. The number of nitrogens with one attached hydrogen (secondary N) is 1. The Morgan fingerprint density at radius 3 is 2.71 bits per heavy atom. The Hall–Kier alpha value is -2.69. The maximum Gasteiger partial charge on any atom is 0.258 e. The lowest BCUT2D eigenvalue weighted by atomic mass is 10.0. The van der Waals surface area contributed by atoms with Gasteiger partial charge in [0.05, 0.1) is 12.7 Å². The molecule has 0 aromatic heterocycles. The van der Waals surface area contributed by atoms with E-state index in [9.17, 15) is 9.90 Å². The SMILES string of the molecule is CC[C@@H](C)N1C(=O)c2ccccc2N[C@H]1c1ccc(OC)c(O)c1. The number of amides is 1. The van der Waals surface area contributed by atoms with E-state index in [2.05, 4.69) is 12.2 Å². The van der Waals surface area contributed by atoms with Gasteiger partial charge in [-0.05, 0) is 43.2 Å². The van der Waals surface area contributed by atoms with Gasteiger partial charge < -0.3 is 20.1 Å². The predicted octanol–water partition coefficient (Wildman–Crippen LogP) is 3.77. The van der Waals surface area contributed by atoms with Gasteiger partial charge in [0.15, 0.2) is 11.5 Å². The first kappa shape index (κ1) is 16.2. The van der Waals surface area contributed by atoms with Gasteiger partial charge in [-0.2, -0.15) is 0 Å². The topological polar surface area (TPSA) is 61.8 Å². The lowest BCUT2D eigenvalue weighted by Crippen LogP contribution is -2.47. The van der Waals surface area contributed by atoms with Crippen LogP contribution < -0.4 is 10.1 Å². The van der Waals surface area contributed by atoms with Crippen molar-refractivity contribution in [3.05, 3.63) is 53.6 Å². The zero-order valence-corrected chi connectivity index (χ0v) is 14.1. The molecule has 2 atom stereocenters. The van der Waals surface area contributed by atoms with Gasteiger partial charge >= 0.3 is 0 Å². The Labute approximate surface area is 141 Å². The molecule has 0 radical (unpaired) electrons. The summed E-state index contributed by atoms with van der Waals surface area (Å²) in [7, 11) is 1.51. The van der Waals surface area contributed by atoms with E-state index in [4.69, 9.17) is 4.74 Å². The highest BCUT2D eigenvalue weighted by atomic mass is 16.5. The summed E-state index contributed by atoms with van der Waals surface area (Å²) in [6.07, 6.45) is 0.507. The van der Waals surface area contributed by atoms with Gasteiger partial charge in [-0.25, -0.2) is 0 Å². The van der Waals surface area contributed by atoms with Gasteiger partial charge in [0.2, 0.25) is 0 Å². The standard InChI is InChI=1S/C19H22N2O3/c1-4-12(2)21-18(13-9-10-17(24-3)16(22)11-13)20-15-8-6-5-7-14(15)19(21)23/h5-12,18,20,22H,4H2,1-3H3/t12-,18-/m1/s1. The first-order valence-electron chi connectivity index (χ1n) is 8.12. The Kier molecular flexibility index (Phi) is 4.34. The Balaban J connectivity index is 2.07. The van der Waals surface area contributed by atoms with Crippen LogP contribution >= 0.6 is 0 Å². The summed E-state index contributed by atoms with van der Waals surface area (Å²) in [5.74, 6) is 0.475. The molecule has 2 N–H and O–H groups in total. The van der Waals surface area contributed by atoms with E-state index in [1.54, 1.807) is 12.1 Å². The van der Waals surface area contributed by atoms with Gasteiger partial charge in [0.1, 0.15) is 6.17 Å². The van der Waals surface area contributed by atoms with Gasteiger partial charge in [-0.1, -0.05) is 25.1 Å². The maximum absolute atomic E-state index is 13.0. The number of ether oxygens (including phenoxy) is 1. The normalized spacial score (nSPS) is 17.9. The van der Waals surface area contributed by atoms with Crippen molar-refractivity contribution in [1.82, 2.24) is 4.90 Å². The number of benzene rings is 2. The molecule has 1 aliphatic heterocycles. The molecule has 5 nitrogen and oxygen atoms in total. The molecule has 0 fully saturated rings. The van der Waals surface area contributed by atoms with Crippen LogP contribution in [0.4, 0.5) is 5.69 Å². The van der Waals surface area contributed by atoms with Crippen molar-refractivity contribution in [3.63, 3.8) is 0 Å². The van der Waals surface area contributed by atoms with Crippen molar-refractivity contribution in [2.75, 3.05) is 12.4 Å². The summed E-state index contributed by atoms with van der Waals surface area (Å²) < 4.78 is 5.11. The third-order valence-corrected chi connectivity index (χ3v) is 4.55. The number of carbonyl (C=O) groups excluding carboxylic acids is 1. The number of hydrogen-bond donors (Lipinski definition) is 2. The van der Waals surface area contributed by atoms with Crippen molar-refractivity contribution in [1.29, 1.82) is 0 Å². The fourth-order valence-electron chi connectivity index (χ4n) is 3.04. The molecule has 0 saturated carbocycles. The molecule has 0 unspecified atom stereocenters. The number of rotatable bonds is 4. The number of aromatic hydroxyl groups is 1. The molecule has 3 rings (SSSR count). The Bertz CT molecular complexity index is 760. The fourth-order valence-corrected chi connectivity index (χ4v) is 3.04. The summed E-state index contributed by atoms with van der Waals surface area (Å²) >= 11 is 0. The van der Waals surface area contributed by atoms with Crippen molar-refractivity contribution >= 4 is 11.6 Å². The van der Waals surface area contributed by atoms with Crippen LogP contribution in [0.3, 0.4) is 0 Å². The number of fused-ring (bicyclic) bond motifs is 1. The lowest BCUT2D eigenvalue weighted by molar-refractivity contribution is 0.0593. The molecule has 0 saturated heterocycles. The lowest BCUT2D eigenvalue weighted by Gasteiger charge is -2.41. The molecule has 24 heavy (non-hydrogen) atoms. The third-order valence-electron chi connectivity index (χ3n) is 4.55. The minimum absolute atomic E-state index is 0.000919. The summed E-state index contributed by atoms with van der Waals surface area (Å²) in [6.45, 7) is 4.09. The number of anilines is 1. The highest BCUT2D eigenvalue weighted by Gasteiger charge is 2.35. The minimum Gasteiger partial charge on any atom is -0.504 e. The number of phenols is 1. The second-order valence-corrected chi connectivity index (χ2v) is 5.99. The van der Waals surface area contributed by atoms with E-state index in [0.29, 0.717) is 11.3 Å². The number of nitrogens with zero attached hydrogens (tertiary/aromatic N) is 1. The van der Waals surface area contributed by atoms with Crippen LogP contribution in [0.2, 0.25) is 0 Å². The summed E-state index contributed by atoms with van der Waals surface area (Å²) in [5.41, 5.74) is 2.30. The molecule has 1 heterocycles. The molecule has 1 amide bonds. The van der Waals surface area contributed by atoms with Crippen LogP contribution in [-0.2, 0) is 0 Å². The van der Waals surface area contributed by atoms with Crippen LogP contribution in [0, 0.1) is 0 Å². The summed E-state index contributed by atoms with van der Waals surface area (Å²) in [4.78, 5) is 14.8. The fraction of sp³-hybridized carbons (Fsp3) is 0.316. The van der Waals surface area contributed by atoms with Crippen LogP contribution in [0.1, 0.15) is 42.4 Å². The van der Waals surface area contributed by atoms with Crippen LogP contribution in [0.5, 0.6) is 11.5 Å². The van der Waals surface area contributed by atoms with Crippen molar-refractivity contribution < 1.29 is 14.6 Å². The first-order valence-corrected chi connectivity index (χ1v) is 8.12. The minimum atomic E-state index is -0.334. The van der Waals surface area contributed by atoms with E-state index < -0.39 is 0 Å². The van der Waals surface area contributed by atoms with Crippen molar-refractivity contribution in [3.8, 4) is 11.5 Å². The van der Waals surface area contributed by atoms with Gasteiger partial charge in [0, 0.05) is 11.7 Å². The number of hydrogen-bond acceptors (Lipinski definition) is 4. The molecule has 2 aromatic rings. The van der Waals surface area contributed by atoms with E-state index >= 15 is 0 Å². The average molecular weight is 326 g/mol. The van der Waals surface area contributed by atoms with Gasteiger partial charge in [-0.15, -0.1) is 0 Å². The molecule has 126 valence electrons. The van der Waals surface area contributed by atoms with E-state index in [-0.39, 0.29) is 23.9 Å². The highest BCUT2D eigenvalue weighted by molar-refractivity contribution is 6.01. The number of methoxy groups -OCH3 is 1. The highest BCUT2D eigenvalue weighted by Crippen LogP contribution is 2.37. The second-order valence-electron chi connectivity index (χ2n) is 5.99. The monoisotopic (exact) mass is 326 g/mol. The molecule has 0 spiro atoms. The second kappa shape index (κ2) is 6.43. The Morgan fingerprint density at radius 2 is 2.04 bits per heavy atom. The molecule has 0 aliphatic carbocycles. The van der Waals surface area contributed by atoms with E-state index in [1.165, 1.54) is 7.11 Å². The molecule has 5 heteroatoms. The number of phenolic OH excluding ortho intramolecular Hbond substituents is 1. The van der Waals surface area contributed by atoms with E-state index in [0.717, 1.165) is 17.7 Å². The average Bonchev–Trinajstić information content (AvgIpc) is 2.61. The van der Waals surface area contributed by atoms with E-state index in [1.807, 2.05) is 42.2 Å². The molecular weight excluding hydrogens is 304 g/mol. The molecular formula is C19H22N2O3. The molecule has 2 aromatic carbocycles. The third kappa shape index (κ3) is 2.66. The van der Waals surface area contributed by atoms with Crippen LogP contribution in [-0.4, -0.2) is 29.1 Å². The predicted molar refractivity (Wildman–Crippen MR) is 93.4 cm³/mol. The molecule has 1 aliphatic rings. The maximum atomic E-state index is 13.0. The Morgan fingerprint density at radius 1 is 1.29 bits per heavy atom.